The highest BCUT2D eigenvalue weighted by atomic mass is 32.1. The molecule has 2 heterocycles. The van der Waals surface area contributed by atoms with Crippen LogP contribution in [-0.2, 0) is 0 Å². The number of fused-ring (bicyclic) bond motifs is 1. The Morgan fingerprint density at radius 1 is 1.06 bits per heavy atom. The Morgan fingerprint density at radius 3 is 2.59 bits per heavy atom. The maximum atomic E-state index is 9.28. The van der Waals surface area contributed by atoms with Crippen molar-refractivity contribution in [3.8, 4) is 17.0 Å². The van der Waals surface area contributed by atoms with Crippen molar-refractivity contribution >= 4 is 27.5 Å². The number of nitrogens with two attached hydrogens (primary N) is 1. The fourth-order valence-corrected chi connectivity index (χ4v) is 2.54. The minimum Gasteiger partial charge on any atom is -0.508 e. The first-order valence-corrected chi connectivity index (χ1v) is 5.92. The molecule has 84 valence electrons. The van der Waals surface area contributed by atoms with E-state index < -0.39 is 0 Å². The van der Waals surface area contributed by atoms with E-state index in [1.807, 2.05) is 23.6 Å². The maximum absolute atomic E-state index is 9.28. The Kier molecular flexibility index (Phi) is 2.19. The first-order chi connectivity index (χ1) is 8.24. The summed E-state index contributed by atoms with van der Waals surface area (Å²) < 4.78 is 1.00. The van der Waals surface area contributed by atoms with E-state index in [1.165, 1.54) is 0 Å². The number of rotatable bonds is 1. The lowest BCUT2D eigenvalue weighted by molar-refractivity contribution is 0.475. The largest absolute Gasteiger partial charge is 0.508 e. The van der Waals surface area contributed by atoms with E-state index >= 15 is 0 Å². The number of phenols is 1. The molecule has 0 saturated carbocycles. The summed E-state index contributed by atoms with van der Waals surface area (Å²) in [6.07, 6.45) is 0. The number of hydrogen-bond acceptors (Lipinski definition) is 5. The zero-order valence-corrected chi connectivity index (χ0v) is 9.61. The molecule has 0 bridgehead atoms. The van der Waals surface area contributed by atoms with Crippen LogP contribution in [0.1, 0.15) is 0 Å². The molecule has 0 aliphatic carbocycles. The van der Waals surface area contributed by atoms with Gasteiger partial charge in [0.1, 0.15) is 5.75 Å². The third-order valence-electron chi connectivity index (χ3n) is 2.46. The number of benzene rings is 1. The smallest absolute Gasteiger partial charge is 0.221 e. The Balaban J connectivity index is 2.28. The van der Waals surface area contributed by atoms with Crippen LogP contribution >= 0.6 is 11.3 Å². The van der Waals surface area contributed by atoms with Gasteiger partial charge in [0.15, 0.2) is 0 Å². The second-order valence-corrected chi connectivity index (χ2v) is 4.53. The number of phenolic OH excluding ortho intramolecular Hbond substituents is 1. The predicted molar refractivity (Wildman–Crippen MR) is 68.9 cm³/mol. The summed E-state index contributed by atoms with van der Waals surface area (Å²) in [5.74, 6) is 0.497. The van der Waals surface area contributed by atoms with Crippen molar-refractivity contribution in [2.75, 3.05) is 5.73 Å². The molecule has 0 unspecified atom stereocenters. The van der Waals surface area contributed by atoms with Crippen LogP contribution in [0.3, 0.4) is 0 Å². The highest BCUT2D eigenvalue weighted by molar-refractivity contribution is 7.17. The molecule has 0 aliphatic rings. The van der Waals surface area contributed by atoms with E-state index in [2.05, 4.69) is 9.97 Å². The van der Waals surface area contributed by atoms with E-state index in [0.717, 1.165) is 21.5 Å². The lowest BCUT2D eigenvalue weighted by atomic mass is 10.1. The molecule has 0 fully saturated rings. The van der Waals surface area contributed by atoms with Gasteiger partial charge in [0.25, 0.3) is 0 Å². The Bertz CT molecular complexity index is 676. The molecule has 0 saturated heterocycles. The van der Waals surface area contributed by atoms with Crippen LogP contribution in [0.25, 0.3) is 21.5 Å². The van der Waals surface area contributed by atoms with Crippen LogP contribution in [0.5, 0.6) is 5.75 Å². The van der Waals surface area contributed by atoms with E-state index in [0.29, 0.717) is 0 Å². The standard InChI is InChI=1S/C12H9N3OS/c13-12-14-9-5-6-17-11(9)10(15-12)7-1-3-8(16)4-2-7/h1-6,16H,(H2,13,14,15). The summed E-state index contributed by atoms with van der Waals surface area (Å²) >= 11 is 1.58. The van der Waals surface area contributed by atoms with Crippen molar-refractivity contribution in [3.05, 3.63) is 35.7 Å². The monoisotopic (exact) mass is 243 g/mol. The molecule has 0 radical (unpaired) electrons. The molecule has 0 atom stereocenters. The lowest BCUT2D eigenvalue weighted by Gasteiger charge is -2.03. The van der Waals surface area contributed by atoms with Crippen molar-refractivity contribution < 1.29 is 5.11 Å². The quantitative estimate of drug-likeness (QED) is 0.689. The SMILES string of the molecule is Nc1nc(-c2ccc(O)cc2)c2sccc2n1. The molecule has 4 nitrogen and oxygen atoms in total. The summed E-state index contributed by atoms with van der Waals surface area (Å²) in [4.78, 5) is 8.44. The van der Waals surface area contributed by atoms with Gasteiger partial charge in [-0.3, -0.25) is 0 Å². The van der Waals surface area contributed by atoms with Crippen LogP contribution in [-0.4, -0.2) is 15.1 Å². The molecule has 0 aliphatic heterocycles. The molecule has 0 spiro atoms. The molecule has 3 N–H and O–H groups in total. The van der Waals surface area contributed by atoms with Crippen molar-refractivity contribution in [2.45, 2.75) is 0 Å². The van der Waals surface area contributed by atoms with Crippen LogP contribution < -0.4 is 5.73 Å². The molecular formula is C12H9N3OS. The van der Waals surface area contributed by atoms with Crippen LogP contribution in [0.15, 0.2) is 35.7 Å². The maximum Gasteiger partial charge on any atom is 0.221 e. The fourth-order valence-electron chi connectivity index (χ4n) is 1.70. The van der Waals surface area contributed by atoms with Crippen LogP contribution in [0, 0.1) is 0 Å². The molecule has 5 heteroatoms. The highest BCUT2D eigenvalue weighted by Gasteiger charge is 2.09. The summed E-state index contributed by atoms with van der Waals surface area (Å²) in [6, 6.07) is 8.81. The zero-order chi connectivity index (χ0) is 11.8. The molecule has 3 aromatic rings. The zero-order valence-electron chi connectivity index (χ0n) is 8.79. The van der Waals surface area contributed by atoms with Gasteiger partial charge < -0.3 is 10.8 Å². The highest BCUT2D eigenvalue weighted by Crippen LogP contribution is 2.31. The first-order valence-electron chi connectivity index (χ1n) is 5.04. The topological polar surface area (TPSA) is 72.0 Å². The third kappa shape index (κ3) is 1.70. The second kappa shape index (κ2) is 3.71. The Labute approximate surface area is 101 Å². The average Bonchev–Trinajstić information content (AvgIpc) is 2.77. The number of nitrogens with zero attached hydrogens (tertiary/aromatic N) is 2. The molecule has 3 rings (SSSR count). The van der Waals surface area contributed by atoms with E-state index in [-0.39, 0.29) is 11.7 Å². The molecule has 2 aromatic heterocycles. The second-order valence-electron chi connectivity index (χ2n) is 3.61. The van der Waals surface area contributed by atoms with Crippen molar-refractivity contribution in [1.82, 2.24) is 9.97 Å². The van der Waals surface area contributed by atoms with E-state index in [1.54, 1.807) is 23.5 Å². The molecular weight excluding hydrogens is 234 g/mol. The lowest BCUT2D eigenvalue weighted by Crippen LogP contribution is -1.96. The summed E-state index contributed by atoms with van der Waals surface area (Å²) in [7, 11) is 0. The predicted octanol–water partition coefficient (Wildman–Crippen LogP) is 2.65. The minimum absolute atomic E-state index is 0.234. The number of hydrogen-bond donors (Lipinski definition) is 2. The first kappa shape index (κ1) is 10.0. The van der Waals surface area contributed by atoms with Gasteiger partial charge in [-0.1, -0.05) is 0 Å². The molecule has 0 amide bonds. The molecule has 1 aromatic carbocycles. The van der Waals surface area contributed by atoms with Gasteiger partial charge in [-0.15, -0.1) is 11.3 Å². The van der Waals surface area contributed by atoms with E-state index in [4.69, 9.17) is 5.73 Å². The van der Waals surface area contributed by atoms with Gasteiger partial charge in [-0.2, -0.15) is 0 Å². The summed E-state index contributed by atoms with van der Waals surface area (Å²) in [5, 5.41) is 11.2. The number of nitrogen functional groups attached to an aromatic ring is 1. The number of anilines is 1. The average molecular weight is 243 g/mol. The summed E-state index contributed by atoms with van der Waals surface area (Å²) in [5.41, 5.74) is 8.27. The Hall–Kier alpha value is -2.14. The Morgan fingerprint density at radius 2 is 1.82 bits per heavy atom. The van der Waals surface area contributed by atoms with Gasteiger partial charge in [0, 0.05) is 5.56 Å². The number of aromatic nitrogens is 2. The fraction of sp³-hybridized carbons (Fsp3) is 0. The normalized spacial score (nSPS) is 10.8. The van der Waals surface area contributed by atoms with E-state index in [9.17, 15) is 5.11 Å². The van der Waals surface area contributed by atoms with Crippen molar-refractivity contribution in [2.24, 2.45) is 0 Å². The van der Waals surface area contributed by atoms with Crippen molar-refractivity contribution in [3.63, 3.8) is 0 Å². The minimum atomic E-state index is 0.234. The van der Waals surface area contributed by atoms with Gasteiger partial charge in [-0.25, -0.2) is 9.97 Å². The van der Waals surface area contributed by atoms with Gasteiger partial charge in [0.2, 0.25) is 5.95 Å². The summed E-state index contributed by atoms with van der Waals surface area (Å²) in [6.45, 7) is 0. The van der Waals surface area contributed by atoms with Crippen LogP contribution in [0.2, 0.25) is 0 Å². The van der Waals surface area contributed by atoms with Gasteiger partial charge >= 0.3 is 0 Å². The van der Waals surface area contributed by atoms with Gasteiger partial charge in [0.05, 0.1) is 15.9 Å². The van der Waals surface area contributed by atoms with Crippen LogP contribution in [0.4, 0.5) is 5.95 Å². The number of aromatic hydroxyl groups is 1. The molecule has 17 heavy (non-hydrogen) atoms. The van der Waals surface area contributed by atoms with Crippen molar-refractivity contribution in [1.29, 1.82) is 0 Å². The number of thiophene rings is 1. The third-order valence-corrected chi connectivity index (χ3v) is 3.37. The van der Waals surface area contributed by atoms with Gasteiger partial charge in [-0.05, 0) is 35.7 Å².